The number of fused-ring (bicyclic) bond motifs is 9. The fraction of sp³-hybridized carbons (Fsp3) is 0.100. The van der Waals surface area contributed by atoms with E-state index in [4.69, 9.17) is 4.42 Å². The van der Waals surface area contributed by atoms with Crippen LogP contribution in [0.4, 0.5) is 17.1 Å². The molecule has 0 N–H and O–H groups in total. The van der Waals surface area contributed by atoms with Crippen LogP contribution in [0.1, 0.15) is 49.9 Å². The minimum Gasteiger partial charge on any atom is -0.455 e. The summed E-state index contributed by atoms with van der Waals surface area (Å²) in [5.41, 5.74) is 22.7. The summed E-state index contributed by atoms with van der Waals surface area (Å²) in [6.45, 7) is 9.40. The molecule has 2 heteroatoms. The van der Waals surface area contributed by atoms with Gasteiger partial charge >= 0.3 is 0 Å². The second-order valence-corrected chi connectivity index (χ2v) is 18.0. The summed E-state index contributed by atoms with van der Waals surface area (Å²) in [4.78, 5) is 2.46. The van der Waals surface area contributed by atoms with Crippen molar-refractivity contribution in [1.82, 2.24) is 0 Å². The summed E-state index contributed by atoms with van der Waals surface area (Å²) in [5.74, 6) is 0. The smallest absolute Gasteiger partial charge is 0.143 e. The maximum Gasteiger partial charge on any atom is 0.143 e. The predicted octanol–water partition coefficient (Wildman–Crippen LogP) is 16.7. The largest absolute Gasteiger partial charge is 0.455 e. The summed E-state index contributed by atoms with van der Waals surface area (Å²) >= 11 is 0. The highest BCUT2D eigenvalue weighted by molar-refractivity contribution is 6.11. The Morgan fingerprint density at radius 3 is 1.61 bits per heavy atom. The first-order valence-corrected chi connectivity index (χ1v) is 21.8. The molecule has 12 rings (SSSR count). The fourth-order valence-corrected chi connectivity index (χ4v) is 10.8. The van der Waals surface area contributed by atoms with Crippen molar-refractivity contribution in [2.75, 3.05) is 4.90 Å². The first-order chi connectivity index (χ1) is 30.3. The molecule has 62 heavy (non-hydrogen) atoms. The van der Waals surface area contributed by atoms with Crippen LogP contribution in [-0.4, -0.2) is 0 Å². The number of hydrogen-bond acceptors (Lipinski definition) is 2. The van der Waals surface area contributed by atoms with Gasteiger partial charge in [0.05, 0.1) is 11.4 Å². The molecule has 0 fully saturated rings. The van der Waals surface area contributed by atoms with E-state index in [0.29, 0.717) is 0 Å². The van der Waals surface area contributed by atoms with Gasteiger partial charge in [0.15, 0.2) is 0 Å². The number of benzene rings is 9. The topological polar surface area (TPSA) is 16.4 Å². The maximum atomic E-state index is 6.69. The lowest BCUT2D eigenvalue weighted by Crippen LogP contribution is -2.15. The second-order valence-electron chi connectivity index (χ2n) is 18.0. The number of para-hydroxylation sites is 4. The van der Waals surface area contributed by atoms with Crippen LogP contribution in [0.25, 0.3) is 77.6 Å². The van der Waals surface area contributed by atoms with Gasteiger partial charge in [0.2, 0.25) is 0 Å². The SMILES string of the molecule is CC1(C)c2ccccc2-c2cc(-c3ccc(N(c4ccccc4-c4cccc5c4-c4ccccc4C5(C)C)c4ccccc4-c4cccc5c4oc4ccccc45)cc3)ccc21. The Bertz CT molecular complexity index is 3420. The van der Waals surface area contributed by atoms with Crippen molar-refractivity contribution in [3.8, 4) is 55.6 Å². The molecule has 0 atom stereocenters. The van der Waals surface area contributed by atoms with Crippen LogP contribution < -0.4 is 4.90 Å². The molecule has 1 heterocycles. The van der Waals surface area contributed by atoms with Crippen molar-refractivity contribution < 1.29 is 4.42 Å². The summed E-state index contributed by atoms with van der Waals surface area (Å²) in [6, 6.07) is 73.5. The molecule has 0 saturated carbocycles. The molecule has 0 aliphatic heterocycles. The Morgan fingerprint density at radius 1 is 0.355 bits per heavy atom. The average Bonchev–Trinajstić information content (AvgIpc) is 3.89. The molecule has 2 aliphatic rings. The van der Waals surface area contributed by atoms with Crippen LogP contribution in [-0.2, 0) is 10.8 Å². The van der Waals surface area contributed by atoms with E-state index < -0.39 is 0 Å². The number of anilines is 3. The molecule has 0 bridgehead atoms. The van der Waals surface area contributed by atoms with Gasteiger partial charge in [-0.05, 0) is 97.6 Å². The van der Waals surface area contributed by atoms with Gasteiger partial charge in [-0.25, -0.2) is 0 Å². The third kappa shape index (κ3) is 5.29. The normalized spacial score (nSPS) is 14.1. The fourth-order valence-electron chi connectivity index (χ4n) is 10.8. The third-order valence-electron chi connectivity index (χ3n) is 13.9. The lowest BCUT2D eigenvalue weighted by molar-refractivity contribution is 0.660. The first-order valence-electron chi connectivity index (χ1n) is 21.8. The number of hydrogen-bond donors (Lipinski definition) is 0. The molecular weight excluding hydrogens is 751 g/mol. The summed E-state index contributed by atoms with van der Waals surface area (Å²) in [6.07, 6.45) is 0. The molecule has 9 aromatic carbocycles. The Balaban J connectivity index is 1.06. The zero-order valence-corrected chi connectivity index (χ0v) is 35.4. The number of rotatable bonds is 6. The standard InChI is InChI=1S/C60H45NO/c1-59(2)50-25-10-5-17-41(50)49-37-39(33-36-52(49)59)38-31-34-40(35-32-38)61(55-29-13-8-19-43(55)46-23-15-24-47-44-20-9-14-30-56(44)62-58(46)47)54-28-12-7-18-42(54)45-22-16-27-53-57(45)48-21-6-11-26-51(48)60(53,3)4/h5-37H,1-4H3. The Labute approximate surface area is 363 Å². The van der Waals surface area contributed by atoms with Crippen LogP contribution in [0, 0.1) is 0 Å². The maximum absolute atomic E-state index is 6.69. The van der Waals surface area contributed by atoms with E-state index in [1.807, 2.05) is 6.07 Å². The van der Waals surface area contributed by atoms with Gasteiger partial charge < -0.3 is 9.32 Å². The van der Waals surface area contributed by atoms with E-state index in [2.05, 4.69) is 227 Å². The second kappa shape index (κ2) is 13.5. The molecule has 0 spiro atoms. The molecule has 296 valence electrons. The third-order valence-corrected chi connectivity index (χ3v) is 13.9. The van der Waals surface area contributed by atoms with Crippen LogP contribution in [0.15, 0.2) is 205 Å². The van der Waals surface area contributed by atoms with Gasteiger partial charge in [-0.3, -0.25) is 0 Å². The molecule has 0 unspecified atom stereocenters. The zero-order valence-electron chi connectivity index (χ0n) is 35.4. The van der Waals surface area contributed by atoms with Crippen LogP contribution in [0.5, 0.6) is 0 Å². The van der Waals surface area contributed by atoms with Gasteiger partial charge in [-0.1, -0.05) is 191 Å². The van der Waals surface area contributed by atoms with Crippen molar-refractivity contribution in [1.29, 1.82) is 0 Å². The highest BCUT2D eigenvalue weighted by atomic mass is 16.3. The highest BCUT2D eigenvalue weighted by Gasteiger charge is 2.38. The number of nitrogens with zero attached hydrogens (tertiary/aromatic N) is 1. The lowest BCUT2D eigenvalue weighted by Gasteiger charge is -2.30. The van der Waals surface area contributed by atoms with Crippen molar-refractivity contribution in [3.05, 3.63) is 222 Å². The molecule has 0 radical (unpaired) electrons. The van der Waals surface area contributed by atoms with E-state index in [1.165, 1.54) is 66.8 Å². The molecule has 2 aliphatic carbocycles. The minimum absolute atomic E-state index is 0.0288. The summed E-state index contributed by atoms with van der Waals surface area (Å²) < 4.78 is 6.69. The summed E-state index contributed by atoms with van der Waals surface area (Å²) in [7, 11) is 0. The average molecular weight is 796 g/mol. The molecular formula is C60H45NO. The molecule has 0 amide bonds. The van der Waals surface area contributed by atoms with Gasteiger partial charge in [-0.2, -0.15) is 0 Å². The Hall–Kier alpha value is -7.42. The van der Waals surface area contributed by atoms with E-state index in [0.717, 1.165) is 50.1 Å². The van der Waals surface area contributed by atoms with Crippen molar-refractivity contribution >= 4 is 39.0 Å². The van der Waals surface area contributed by atoms with Crippen molar-refractivity contribution in [3.63, 3.8) is 0 Å². The lowest BCUT2D eigenvalue weighted by atomic mass is 9.82. The Morgan fingerprint density at radius 2 is 0.855 bits per heavy atom. The van der Waals surface area contributed by atoms with E-state index in [-0.39, 0.29) is 10.8 Å². The monoisotopic (exact) mass is 795 g/mol. The van der Waals surface area contributed by atoms with Crippen molar-refractivity contribution in [2.45, 2.75) is 38.5 Å². The first kappa shape index (κ1) is 36.4. The zero-order chi connectivity index (χ0) is 41.7. The van der Waals surface area contributed by atoms with E-state index >= 15 is 0 Å². The minimum atomic E-state index is -0.111. The van der Waals surface area contributed by atoms with Crippen LogP contribution >= 0.6 is 0 Å². The molecule has 2 nitrogen and oxygen atoms in total. The van der Waals surface area contributed by atoms with Gasteiger partial charge in [0.1, 0.15) is 11.2 Å². The molecule has 0 saturated heterocycles. The van der Waals surface area contributed by atoms with Gasteiger partial charge in [0, 0.05) is 44.0 Å². The van der Waals surface area contributed by atoms with Crippen molar-refractivity contribution in [2.24, 2.45) is 0 Å². The summed E-state index contributed by atoms with van der Waals surface area (Å²) in [5, 5.41) is 2.24. The van der Waals surface area contributed by atoms with E-state index in [1.54, 1.807) is 0 Å². The van der Waals surface area contributed by atoms with Crippen LogP contribution in [0.3, 0.4) is 0 Å². The van der Waals surface area contributed by atoms with Crippen LogP contribution in [0.2, 0.25) is 0 Å². The quantitative estimate of drug-likeness (QED) is 0.167. The molecule has 1 aromatic heterocycles. The van der Waals surface area contributed by atoms with Gasteiger partial charge in [0.25, 0.3) is 0 Å². The molecule has 10 aromatic rings. The van der Waals surface area contributed by atoms with Gasteiger partial charge in [-0.15, -0.1) is 0 Å². The number of furan rings is 1. The highest BCUT2D eigenvalue weighted by Crippen LogP contribution is 2.55. The predicted molar refractivity (Wildman–Crippen MR) is 260 cm³/mol. The van der Waals surface area contributed by atoms with E-state index in [9.17, 15) is 0 Å². The Kier molecular flexibility index (Phi) is 7.96.